The summed E-state index contributed by atoms with van der Waals surface area (Å²) in [7, 11) is 0. The summed E-state index contributed by atoms with van der Waals surface area (Å²) in [6.07, 6.45) is -0.850. The predicted octanol–water partition coefficient (Wildman–Crippen LogP) is 4.21. The van der Waals surface area contributed by atoms with Gasteiger partial charge in [0.1, 0.15) is 0 Å². The first kappa shape index (κ1) is 16.0. The molecular weight excluding hydrogens is 302 g/mol. The van der Waals surface area contributed by atoms with Gasteiger partial charge < -0.3 is 9.72 Å². The number of nitrogens with one attached hydrogen (secondary N) is 1. The number of aromatic amines is 1. The number of hydrogen-bond donors (Lipinski definition) is 1. The molecule has 0 saturated carbocycles. The molecule has 0 amide bonds. The molecule has 0 aliphatic rings. The Labute approximate surface area is 140 Å². The highest BCUT2D eigenvalue weighted by Gasteiger charge is 2.24. The highest BCUT2D eigenvalue weighted by atomic mass is 16.5. The lowest BCUT2D eigenvalue weighted by molar-refractivity contribution is 0.0319. The van der Waals surface area contributed by atoms with Crippen molar-refractivity contribution >= 4 is 22.7 Å². The van der Waals surface area contributed by atoms with Crippen LogP contribution in [-0.2, 0) is 4.74 Å². The highest BCUT2D eigenvalue weighted by Crippen LogP contribution is 2.24. The number of carbonyl (C=O) groups excluding carboxylic acids is 2. The summed E-state index contributed by atoms with van der Waals surface area (Å²) < 4.78 is 5.36. The molecule has 0 unspecified atom stereocenters. The summed E-state index contributed by atoms with van der Waals surface area (Å²) in [6, 6.07) is 14.7. The first-order chi connectivity index (χ1) is 11.5. The van der Waals surface area contributed by atoms with Crippen LogP contribution >= 0.6 is 0 Å². The molecule has 0 fully saturated rings. The van der Waals surface area contributed by atoms with Gasteiger partial charge in [-0.1, -0.05) is 35.9 Å². The summed E-state index contributed by atoms with van der Waals surface area (Å²) >= 11 is 0. The van der Waals surface area contributed by atoms with Gasteiger partial charge in [-0.2, -0.15) is 0 Å². The number of fused-ring (bicyclic) bond motifs is 1. The molecule has 2 aromatic carbocycles. The van der Waals surface area contributed by atoms with Gasteiger partial charge >= 0.3 is 5.97 Å². The third kappa shape index (κ3) is 2.95. The minimum absolute atomic E-state index is 0.203. The van der Waals surface area contributed by atoms with Gasteiger partial charge in [0.25, 0.3) is 0 Å². The molecule has 1 heterocycles. The lowest BCUT2D eigenvalue weighted by Gasteiger charge is -2.13. The third-order valence-electron chi connectivity index (χ3n) is 4.08. The van der Waals surface area contributed by atoms with Gasteiger partial charge in [0, 0.05) is 22.2 Å². The van der Waals surface area contributed by atoms with Crippen molar-refractivity contribution in [2.24, 2.45) is 0 Å². The first-order valence-electron chi connectivity index (χ1n) is 7.86. The minimum Gasteiger partial charge on any atom is -0.451 e. The fourth-order valence-electron chi connectivity index (χ4n) is 2.77. The number of rotatable bonds is 4. The summed E-state index contributed by atoms with van der Waals surface area (Å²) in [5, 5.41) is 0.846. The van der Waals surface area contributed by atoms with Gasteiger partial charge in [0.2, 0.25) is 5.78 Å². The average molecular weight is 321 g/mol. The molecule has 0 aliphatic carbocycles. The van der Waals surface area contributed by atoms with E-state index < -0.39 is 12.1 Å². The second-order valence-electron chi connectivity index (χ2n) is 5.95. The molecule has 0 aliphatic heterocycles. The van der Waals surface area contributed by atoms with Crippen LogP contribution in [0, 0.1) is 13.8 Å². The molecule has 3 aromatic rings. The number of carbonyl (C=O) groups is 2. The maximum atomic E-state index is 12.8. The fraction of sp³-hybridized carbons (Fsp3) is 0.200. The molecule has 4 heteroatoms. The van der Waals surface area contributed by atoms with Crippen LogP contribution in [0.15, 0.2) is 48.5 Å². The average Bonchev–Trinajstić information content (AvgIpc) is 2.90. The Kier molecular flexibility index (Phi) is 4.21. The summed E-state index contributed by atoms with van der Waals surface area (Å²) in [5.41, 5.74) is 3.76. The van der Waals surface area contributed by atoms with Gasteiger partial charge in [-0.25, -0.2) is 4.79 Å². The number of benzene rings is 2. The maximum Gasteiger partial charge on any atom is 0.338 e. The van der Waals surface area contributed by atoms with Crippen LogP contribution in [-0.4, -0.2) is 22.8 Å². The smallest absolute Gasteiger partial charge is 0.338 e. The number of aromatic nitrogens is 1. The Morgan fingerprint density at radius 3 is 2.38 bits per heavy atom. The van der Waals surface area contributed by atoms with E-state index in [0.717, 1.165) is 22.2 Å². The maximum absolute atomic E-state index is 12.8. The van der Waals surface area contributed by atoms with Crippen molar-refractivity contribution in [1.29, 1.82) is 0 Å². The van der Waals surface area contributed by atoms with Crippen molar-refractivity contribution in [3.63, 3.8) is 0 Å². The number of ketones is 1. The largest absolute Gasteiger partial charge is 0.451 e. The monoisotopic (exact) mass is 321 g/mol. The molecule has 122 valence electrons. The zero-order valence-corrected chi connectivity index (χ0v) is 13.9. The topological polar surface area (TPSA) is 59.2 Å². The second-order valence-corrected chi connectivity index (χ2v) is 5.95. The number of para-hydroxylation sites is 1. The van der Waals surface area contributed by atoms with Crippen LogP contribution in [0.4, 0.5) is 0 Å². The molecule has 0 saturated heterocycles. The third-order valence-corrected chi connectivity index (χ3v) is 4.08. The van der Waals surface area contributed by atoms with Gasteiger partial charge in [-0.3, -0.25) is 4.79 Å². The summed E-state index contributed by atoms with van der Waals surface area (Å²) in [4.78, 5) is 28.2. The van der Waals surface area contributed by atoms with Crippen molar-refractivity contribution in [2.45, 2.75) is 26.9 Å². The molecule has 1 atom stereocenters. The normalized spacial score (nSPS) is 12.1. The first-order valence-corrected chi connectivity index (χ1v) is 7.86. The number of H-pyrrole nitrogens is 1. The van der Waals surface area contributed by atoms with Gasteiger partial charge in [0.05, 0.1) is 5.56 Å². The number of hydrogen-bond acceptors (Lipinski definition) is 3. The Bertz CT molecular complexity index is 906. The summed E-state index contributed by atoms with van der Waals surface area (Å²) in [6.45, 7) is 5.40. The molecule has 3 rings (SSSR count). The lowest BCUT2D eigenvalue weighted by Crippen LogP contribution is -2.24. The summed E-state index contributed by atoms with van der Waals surface area (Å²) in [5.74, 6) is -0.696. The minimum atomic E-state index is -0.850. The molecule has 24 heavy (non-hydrogen) atoms. The standard InChI is InChI=1S/C20H19NO3/c1-12-8-10-15(11-9-12)20(23)24-14(3)19(22)18-13(2)21-17-7-5-4-6-16(17)18/h4-11,14,21H,1-3H3/t14-/m1/s1. The van der Waals surface area contributed by atoms with Crippen LogP contribution in [0.3, 0.4) is 0 Å². The highest BCUT2D eigenvalue weighted by molar-refractivity contribution is 6.11. The number of Topliss-reactive ketones (excluding diaryl/α,β-unsaturated/α-hetero) is 1. The predicted molar refractivity (Wildman–Crippen MR) is 93.4 cm³/mol. The van der Waals surface area contributed by atoms with E-state index in [1.54, 1.807) is 19.1 Å². The Morgan fingerprint density at radius 1 is 1.00 bits per heavy atom. The van der Waals surface area contributed by atoms with E-state index in [-0.39, 0.29) is 5.78 Å². The Balaban J connectivity index is 1.82. The molecule has 0 radical (unpaired) electrons. The van der Waals surface area contributed by atoms with Crippen LogP contribution in [0.2, 0.25) is 0 Å². The van der Waals surface area contributed by atoms with E-state index in [1.165, 1.54) is 0 Å². The number of aryl methyl sites for hydroxylation is 2. The van der Waals surface area contributed by atoms with Gasteiger partial charge in [-0.05, 0) is 39.0 Å². The number of esters is 1. The van der Waals surface area contributed by atoms with Gasteiger partial charge in [-0.15, -0.1) is 0 Å². The molecule has 1 aromatic heterocycles. The SMILES string of the molecule is Cc1ccc(C(=O)O[C@H](C)C(=O)c2c(C)[nH]c3ccccc23)cc1. The fourth-order valence-corrected chi connectivity index (χ4v) is 2.77. The van der Waals surface area contributed by atoms with Crippen LogP contribution in [0.5, 0.6) is 0 Å². The molecule has 4 nitrogen and oxygen atoms in total. The van der Waals surface area contributed by atoms with Crippen LogP contribution in [0.25, 0.3) is 10.9 Å². The molecule has 1 N–H and O–H groups in total. The van der Waals surface area contributed by atoms with Crippen LogP contribution in [0.1, 0.15) is 38.9 Å². The van der Waals surface area contributed by atoms with E-state index in [1.807, 2.05) is 50.2 Å². The van der Waals surface area contributed by atoms with Crippen molar-refractivity contribution < 1.29 is 14.3 Å². The van der Waals surface area contributed by atoms with Crippen molar-refractivity contribution in [3.05, 3.63) is 70.9 Å². The van der Waals surface area contributed by atoms with E-state index >= 15 is 0 Å². The van der Waals surface area contributed by atoms with Crippen molar-refractivity contribution in [1.82, 2.24) is 4.98 Å². The van der Waals surface area contributed by atoms with Crippen molar-refractivity contribution in [2.75, 3.05) is 0 Å². The molecular formula is C20H19NO3. The second kappa shape index (κ2) is 6.32. The van der Waals surface area contributed by atoms with Crippen molar-refractivity contribution in [3.8, 4) is 0 Å². The zero-order chi connectivity index (χ0) is 17.3. The quantitative estimate of drug-likeness (QED) is 0.578. The molecule has 0 bridgehead atoms. The Morgan fingerprint density at radius 2 is 1.67 bits per heavy atom. The van der Waals surface area contributed by atoms with Crippen LogP contribution < -0.4 is 0 Å². The van der Waals surface area contributed by atoms with E-state index in [4.69, 9.17) is 4.74 Å². The zero-order valence-electron chi connectivity index (χ0n) is 13.9. The number of ether oxygens (including phenoxy) is 1. The Hall–Kier alpha value is -2.88. The lowest BCUT2D eigenvalue weighted by atomic mass is 10.0. The van der Waals surface area contributed by atoms with Gasteiger partial charge in [0.15, 0.2) is 6.10 Å². The van der Waals surface area contributed by atoms with E-state index in [2.05, 4.69) is 4.98 Å². The van der Waals surface area contributed by atoms with E-state index in [9.17, 15) is 9.59 Å². The molecule has 0 spiro atoms. The van der Waals surface area contributed by atoms with E-state index in [0.29, 0.717) is 11.1 Å².